The molecular formula is C34H48N4OS. The Bertz CT molecular complexity index is 1200. The van der Waals surface area contributed by atoms with E-state index in [4.69, 9.17) is 9.72 Å². The molecule has 5 rings (SSSR count). The van der Waals surface area contributed by atoms with Gasteiger partial charge in [-0.05, 0) is 49.9 Å². The van der Waals surface area contributed by atoms with Crippen LogP contribution in [0.4, 0.5) is 5.69 Å². The van der Waals surface area contributed by atoms with Crippen molar-refractivity contribution in [3.8, 4) is 11.4 Å². The Kier molecular flexibility index (Phi) is 10.6. The van der Waals surface area contributed by atoms with Gasteiger partial charge in [0.1, 0.15) is 12.6 Å². The molecule has 1 aromatic heterocycles. The van der Waals surface area contributed by atoms with Gasteiger partial charge in [0.25, 0.3) is 0 Å². The van der Waals surface area contributed by atoms with Gasteiger partial charge in [-0.15, -0.1) is 0 Å². The maximum Gasteiger partial charge on any atom is 0.140 e. The van der Waals surface area contributed by atoms with Crippen LogP contribution in [0.1, 0.15) is 94.5 Å². The second kappa shape index (κ2) is 14.6. The molecule has 0 spiro atoms. The van der Waals surface area contributed by atoms with Crippen molar-refractivity contribution in [2.45, 2.75) is 102 Å². The molecule has 1 aliphatic carbocycles. The lowest BCUT2D eigenvalue weighted by molar-refractivity contribution is 0.188. The second-order valence-electron chi connectivity index (χ2n) is 11.6. The number of aromatic nitrogens is 2. The van der Waals surface area contributed by atoms with Gasteiger partial charge in [-0.3, -0.25) is 4.90 Å². The number of unbranched alkanes of at least 4 members (excludes halogenated alkanes) is 2. The predicted octanol–water partition coefficient (Wildman–Crippen LogP) is 8.67. The van der Waals surface area contributed by atoms with Crippen molar-refractivity contribution in [1.82, 2.24) is 14.5 Å². The molecule has 0 amide bonds. The maximum absolute atomic E-state index is 5.77. The quantitative estimate of drug-likeness (QED) is 0.221. The third kappa shape index (κ3) is 7.13. The first-order valence-corrected chi connectivity index (χ1v) is 16.6. The minimum Gasteiger partial charge on any atom is -0.351 e. The van der Waals surface area contributed by atoms with Gasteiger partial charge in [-0.2, -0.15) is 0 Å². The summed E-state index contributed by atoms with van der Waals surface area (Å²) in [4.78, 5) is 11.7. The summed E-state index contributed by atoms with van der Waals surface area (Å²) in [5.41, 5.74) is 6.76. The summed E-state index contributed by atoms with van der Waals surface area (Å²) in [6, 6.07) is 17.9. The lowest BCUT2D eigenvalue weighted by atomic mass is 9.86. The van der Waals surface area contributed by atoms with E-state index in [0.29, 0.717) is 18.6 Å². The number of thioether (sulfide) groups is 1. The Morgan fingerprint density at radius 3 is 2.55 bits per heavy atom. The number of hydrogen-bond donors (Lipinski definition) is 0. The van der Waals surface area contributed by atoms with Crippen LogP contribution >= 0.6 is 11.8 Å². The smallest absolute Gasteiger partial charge is 0.140 e. The zero-order valence-corrected chi connectivity index (χ0v) is 25.7. The molecule has 40 heavy (non-hydrogen) atoms. The SMILES string of the molecule is CCCCN(Cc1ccc2c(c1)SCOCN2C)Cc1c(C2CCCCC2)nc(-c2ccccc2)n1CCCC. The van der Waals surface area contributed by atoms with Crippen molar-refractivity contribution in [1.29, 1.82) is 0 Å². The summed E-state index contributed by atoms with van der Waals surface area (Å²) in [5.74, 6) is 2.47. The average Bonchev–Trinajstić information content (AvgIpc) is 3.24. The van der Waals surface area contributed by atoms with Gasteiger partial charge in [0, 0.05) is 43.1 Å². The minimum absolute atomic E-state index is 0.585. The van der Waals surface area contributed by atoms with E-state index in [1.807, 2.05) is 11.8 Å². The van der Waals surface area contributed by atoms with E-state index >= 15 is 0 Å². The fraction of sp³-hybridized carbons (Fsp3) is 0.559. The first kappa shape index (κ1) is 29.2. The van der Waals surface area contributed by atoms with Gasteiger partial charge in [-0.1, -0.05) is 94.1 Å². The zero-order chi connectivity index (χ0) is 27.7. The van der Waals surface area contributed by atoms with Crippen LogP contribution in [0.15, 0.2) is 53.4 Å². The molecule has 2 aliphatic rings. The standard InChI is InChI=1S/C34H48N4OS/c1-4-6-20-37(23-27-18-19-30-32(22-27)40-26-39-25-36(30)3)24-31-33(28-14-10-8-11-15-28)35-34(38(31)21-7-5-2)29-16-12-9-13-17-29/h9,12-13,16-19,22,28H,4-8,10-11,14-15,20-21,23-26H2,1-3H3. The highest BCUT2D eigenvalue weighted by Crippen LogP contribution is 2.38. The average molecular weight is 561 g/mol. The Morgan fingerprint density at radius 2 is 1.77 bits per heavy atom. The summed E-state index contributed by atoms with van der Waals surface area (Å²) in [6.07, 6.45) is 11.4. The van der Waals surface area contributed by atoms with E-state index in [1.54, 1.807) is 0 Å². The molecule has 0 radical (unpaired) electrons. The topological polar surface area (TPSA) is 33.5 Å². The number of fused-ring (bicyclic) bond motifs is 1. The summed E-state index contributed by atoms with van der Waals surface area (Å²) in [5, 5.41) is 0. The monoisotopic (exact) mass is 560 g/mol. The van der Waals surface area contributed by atoms with E-state index in [0.717, 1.165) is 26.2 Å². The number of rotatable bonds is 12. The molecule has 0 unspecified atom stereocenters. The Morgan fingerprint density at radius 1 is 0.975 bits per heavy atom. The van der Waals surface area contributed by atoms with E-state index < -0.39 is 0 Å². The molecule has 216 valence electrons. The molecule has 2 aromatic carbocycles. The molecule has 6 heteroatoms. The van der Waals surface area contributed by atoms with Gasteiger partial charge in [0.2, 0.25) is 0 Å². The van der Waals surface area contributed by atoms with Crippen LogP contribution in [0, 0.1) is 0 Å². The summed E-state index contributed by atoms with van der Waals surface area (Å²) in [6.45, 7) is 9.32. The number of nitrogens with zero attached hydrogens (tertiary/aromatic N) is 4. The summed E-state index contributed by atoms with van der Waals surface area (Å²) < 4.78 is 8.36. The Balaban J connectivity index is 1.50. The number of ether oxygens (including phenoxy) is 1. The van der Waals surface area contributed by atoms with Gasteiger partial charge in [-0.25, -0.2) is 4.98 Å². The first-order chi connectivity index (χ1) is 19.7. The fourth-order valence-corrected chi connectivity index (χ4v) is 7.13. The third-order valence-corrected chi connectivity index (χ3v) is 9.41. The van der Waals surface area contributed by atoms with Gasteiger partial charge in [0.15, 0.2) is 0 Å². The van der Waals surface area contributed by atoms with Crippen molar-refractivity contribution in [2.75, 3.05) is 31.2 Å². The second-order valence-corrected chi connectivity index (χ2v) is 12.6. The van der Waals surface area contributed by atoms with Crippen LogP contribution in [0.5, 0.6) is 0 Å². The molecule has 1 saturated carbocycles. The predicted molar refractivity (Wildman–Crippen MR) is 169 cm³/mol. The van der Waals surface area contributed by atoms with E-state index in [2.05, 4.69) is 83.8 Å². The van der Waals surface area contributed by atoms with Crippen LogP contribution < -0.4 is 4.90 Å². The van der Waals surface area contributed by atoms with Crippen molar-refractivity contribution >= 4 is 17.4 Å². The first-order valence-electron chi connectivity index (χ1n) is 15.6. The van der Waals surface area contributed by atoms with Crippen LogP contribution in [-0.2, 0) is 24.4 Å². The molecule has 1 aliphatic heterocycles. The van der Waals surface area contributed by atoms with Crippen molar-refractivity contribution in [3.05, 3.63) is 65.5 Å². The van der Waals surface area contributed by atoms with Crippen LogP contribution in [0.25, 0.3) is 11.4 Å². The van der Waals surface area contributed by atoms with E-state index in [-0.39, 0.29) is 0 Å². The largest absolute Gasteiger partial charge is 0.351 e. The molecule has 0 N–H and O–H groups in total. The van der Waals surface area contributed by atoms with Gasteiger partial charge in [0.05, 0.1) is 23.0 Å². The number of anilines is 1. The molecule has 1 fully saturated rings. The Hall–Kier alpha value is -2.28. The molecule has 2 heterocycles. The molecule has 0 bridgehead atoms. The molecule has 0 atom stereocenters. The third-order valence-electron chi connectivity index (χ3n) is 8.49. The zero-order valence-electron chi connectivity index (χ0n) is 24.9. The van der Waals surface area contributed by atoms with Crippen LogP contribution in [0.2, 0.25) is 0 Å². The van der Waals surface area contributed by atoms with Crippen molar-refractivity contribution in [3.63, 3.8) is 0 Å². The fourth-order valence-electron chi connectivity index (χ4n) is 6.24. The molecule has 3 aromatic rings. The number of benzene rings is 2. The lowest BCUT2D eigenvalue weighted by Crippen LogP contribution is -2.27. The lowest BCUT2D eigenvalue weighted by Gasteiger charge is -2.27. The number of hydrogen-bond acceptors (Lipinski definition) is 5. The highest BCUT2D eigenvalue weighted by atomic mass is 32.2. The number of imidazole rings is 1. The summed E-state index contributed by atoms with van der Waals surface area (Å²) in [7, 11) is 2.12. The summed E-state index contributed by atoms with van der Waals surface area (Å²) >= 11 is 1.81. The normalized spacial score (nSPS) is 16.4. The molecule has 5 nitrogen and oxygen atoms in total. The maximum atomic E-state index is 5.77. The van der Waals surface area contributed by atoms with Gasteiger partial charge >= 0.3 is 0 Å². The van der Waals surface area contributed by atoms with E-state index in [1.165, 1.54) is 96.7 Å². The van der Waals surface area contributed by atoms with Crippen molar-refractivity contribution in [2.24, 2.45) is 0 Å². The van der Waals surface area contributed by atoms with E-state index in [9.17, 15) is 0 Å². The molecular weight excluding hydrogens is 512 g/mol. The Labute approximate surface area is 246 Å². The van der Waals surface area contributed by atoms with Crippen LogP contribution in [0.3, 0.4) is 0 Å². The van der Waals surface area contributed by atoms with Crippen molar-refractivity contribution < 1.29 is 4.74 Å². The highest BCUT2D eigenvalue weighted by molar-refractivity contribution is 7.99. The molecule has 0 saturated heterocycles. The highest BCUT2D eigenvalue weighted by Gasteiger charge is 2.27. The van der Waals surface area contributed by atoms with Gasteiger partial charge < -0.3 is 14.2 Å². The minimum atomic E-state index is 0.585. The van der Waals surface area contributed by atoms with Crippen LogP contribution in [-0.4, -0.2) is 40.7 Å².